The van der Waals surface area contributed by atoms with Crippen molar-refractivity contribution in [2.75, 3.05) is 6.54 Å². The van der Waals surface area contributed by atoms with Crippen LogP contribution in [0.15, 0.2) is 24.3 Å². The quantitative estimate of drug-likeness (QED) is 0.811. The first kappa shape index (κ1) is 12.2. The molecule has 1 N–H and O–H groups in total. The van der Waals surface area contributed by atoms with Crippen LogP contribution < -0.4 is 5.32 Å². The number of hydrogen-bond donors (Lipinski definition) is 1. The van der Waals surface area contributed by atoms with E-state index in [9.17, 15) is 4.39 Å². The molecule has 0 radical (unpaired) electrons. The van der Waals surface area contributed by atoms with Crippen molar-refractivity contribution in [1.82, 2.24) is 5.32 Å². The first-order valence-corrected chi connectivity index (χ1v) is 7.29. The molecule has 98 valence electrons. The first-order valence-electron chi connectivity index (χ1n) is 7.29. The molecule has 2 aliphatic rings. The van der Waals surface area contributed by atoms with Crippen LogP contribution in [0.2, 0.25) is 0 Å². The zero-order valence-corrected chi connectivity index (χ0v) is 10.9. The highest BCUT2D eigenvalue weighted by Crippen LogP contribution is 2.35. The molecule has 3 rings (SSSR count). The number of rotatable bonds is 6. The van der Waals surface area contributed by atoms with Crippen molar-refractivity contribution in [3.8, 4) is 0 Å². The van der Waals surface area contributed by atoms with Crippen LogP contribution in [0.25, 0.3) is 0 Å². The van der Waals surface area contributed by atoms with Crippen LogP contribution in [0.1, 0.15) is 37.7 Å². The molecule has 0 saturated heterocycles. The summed E-state index contributed by atoms with van der Waals surface area (Å²) >= 11 is 0. The highest BCUT2D eigenvalue weighted by molar-refractivity contribution is 5.17. The molecular formula is C16H22FN. The van der Waals surface area contributed by atoms with Crippen molar-refractivity contribution in [3.63, 3.8) is 0 Å². The van der Waals surface area contributed by atoms with Gasteiger partial charge in [-0.25, -0.2) is 4.39 Å². The molecule has 1 nitrogen and oxygen atoms in total. The molecule has 0 aromatic heterocycles. The third-order valence-corrected chi connectivity index (χ3v) is 4.45. The molecule has 1 unspecified atom stereocenters. The summed E-state index contributed by atoms with van der Waals surface area (Å²) < 4.78 is 13.2. The Hall–Kier alpha value is -0.890. The van der Waals surface area contributed by atoms with Crippen molar-refractivity contribution in [1.29, 1.82) is 0 Å². The van der Waals surface area contributed by atoms with Gasteiger partial charge in [-0.1, -0.05) is 31.4 Å². The van der Waals surface area contributed by atoms with Gasteiger partial charge in [-0.05, 0) is 55.3 Å². The molecule has 2 saturated carbocycles. The molecular weight excluding hydrogens is 225 g/mol. The predicted octanol–water partition coefficient (Wildman–Crippen LogP) is 3.54. The van der Waals surface area contributed by atoms with E-state index in [1.54, 1.807) is 6.07 Å². The first-order chi connectivity index (χ1) is 8.81. The highest BCUT2D eigenvalue weighted by Gasteiger charge is 2.29. The van der Waals surface area contributed by atoms with Gasteiger partial charge in [0.15, 0.2) is 0 Å². The van der Waals surface area contributed by atoms with Crippen LogP contribution in [-0.4, -0.2) is 12.6 Å². The molecule has 0 heterocycles. The van der Waals surface area contributed by atoms with Gasteiger partial charge in [-0.2, -0.15) is 0 Å². The molecule has 2 aliphatic carbocycles. The van der Waals surface area contributed by atoms with E-state index in [4.69, 9.17) is 0 Å². The second kappa shape index (κ2) is 5.40. The lowest BCUT2D eigenvalue weighted by atomic mass is 9.73. The predicted molar refractivity (Wildman–Crippen MR) is 72.0 cm³/mol. The van der Waals surface area contributed by atoms with Gasteiger partial charge in [-0.15, -0.1) is 0 Å². The molecule has 1 atom stereocenters. The maximum atomic E-state index is 13.2. The molecule has 0 amide bonds. The Kier molecular flexibility index (Phi) is 3.64. The van der Waals surface area contributed by atoms with E-state index in [1.807, 2.05) is 6.07 Å². The molecule has 1 aromatic carbocycles. The van der Waals surface area contributed by atoms with Crippen molar-refractivity contribution >= 4 is 0 Å². The van der Waals surface area contributed by atoms with Crippen LogP contribution in [0.3, 0.4) is 0 Å². The fourth-order valence-electron chi connectivity index (χ4n) is 2.89. The van der Waals surface area contributed by atoms with Gasteiger partial charge < -0.3 is 5.32 Å². The average molecular weight is 247 g/mol. The van der Waals surface area contributed by atoms with Crippen molar-refractivity contribution in [2.24, 2.45) is 11.8 Å². The smallest absolute Gasteiger partial charge is 0.123 e. The summed E-state index contributed by atoms with van der Waals surface area (Å²) in [6, 6.07) is 7.90. The van der Waals surface area contributed by atoms with E-state index in [2.05, 4.69) is 11.4 Å². The topological polar surface area (TPSA) is 12.0 Å². The van der Waals surface area contributed by atoms with E-state index < -0.39 is 0 Å². The molecule has 2 fully saturated rings. The molecule has 18 heavy (non-hydrogen) atoms. The molecule has 2 heteroatoms. The van der Waals surface area contributed by atoms with Crippen molar-refractivity contribution in [2.45, 2.75) is 44.6 Å². The SMILES string of the molecule is Fc1cccc(CC(CNC2CC2)C2CCC2)c1. The lowest BCUT2D eigenvalue weighted by Gasteiger charge is -2.34. The third-order valence-electron chi connectivity index (χ3n) is 4.45. The van der Waals surface area contributed by atoms with Crippen LogP contribution in [-0.2, 0) is 6.42 Å². The lowest BCUT2D eigenvalue weighted by molar-refractivity contribution is 0.199. The monoisotopic (exact) mass is 247 g/mol. The zero-order chi connectivity index (χ0) is 12.4. The summed E-state index contributed by atoms with van der Waals surface area (Å²) in [6.45, 7) is 1.12. The number of nitrogens with one attached hydrogen (secondary N) is 1. The Balaban J connectivity index is 1.60. The lowest BCUT2D eigenvalue weighted by Crippen LogP contribution is -2.34. The fourth-order valence-corrected chi connectivity index (χ4v) is 2.89. The van der Waals surface area contributed by atoms with Crippen LogP contribution in [0.4, 0.5) is 4.39 Å². The summed E-state index contributed by atoms with van der Waals surface area (Å²) in [5.74, 6) is 1.45. The summed E-state index contributed by atoms with van der Waals surface area (Å²) in [6.07, 6.45) is 7.84. The summed E-state index contributed by atoms with van der Waals surface area (Å²) in [5, 5.41) is 3.65. The second-order valence-electron chi connectivity index (χ2n) is 5.97. The van der Waals surface area contributed by atoms with Gasteiger partial charge in [0.1, 0.15) is 5.82 Å². The maximum absolute atomic E-state index is 13.2. The number of hydrogen-bond acceptors (Lipinski definition) is 1. The maximum Gasteiger partial charge on any atom is 0.123 e. The largest absolute Gasteiger partial charge is 0.314 e. The summed E-state index contributed by atoms with van der Waals surface area (Å²) in [7, 11) is 0. The Labute approximate surface area is 109 Å². The highest BCUT2D eigenvalue weighted by atomic mass is 19.1. The van der Waals surface area contributed by atoms with Gasteiger partial charge in [-0.3, -0.25) is 0 Å². The number of benzene rings is 1. The van der Waals surface area contributed by atoms with Crippen LogP contribution in [0, 0.1) is 17.7 Å². The molecule has 0 spiro atoms. The minimum atomic E-state index is -0.102. The standard InChI is InChI=1S/C16H22FN/c17-15-6-1-3-12(10-15)9-14(13-4-2-5-13)11-18-16-7-8-16/h1,3,6,10,13-14,16,18H,2,4-5,7-9,11H2. The van der Waals surface area contributed by atoms with E-state index in [0.717, 1.165) is 30.5 Å². The van der Waals surface area contributed by atoms with Gasteiger partial charge in [0.2, 0.25) is 0 Å². The number of halogens is 1. The van der Waals surface area contributed by atoms with E-state index in [0.29, 0.717) is 5.92 Å². The normalized spacial score (nSPS) is 21.6. The third kappa shape index (κ3) is 3.11. The zero-order valence-electron chi connectivity index (χ0n) is 10.9. The van der Waals surface area contributed by atoms with E-state index >= 15 is 0 Å². The van der Waals surface area contributed by atoms with Crippen LogP contribution in [0.5, 0.6) is 0 Å². The fraction of sp³-hybridized carbons (Fsp3) is 0.625. The Bertz CT molecular complexity index is 396. The Morgan fingerprint density at radius 3 is 2.67 bits per heavy atom. The Morgan fingerprint density at radius 2 is 2.06 bits per heavy atom. The van der Waals surface area contributed by atoms with Gasteiger partial charge in [0, 0.05) is 6.04 Å². The van der Waals surface area contributed by atoms with E-state index in [1.165, 1.54) is 38.2 Å². The molecule has 0 aliphatic heterocycles. The summed E-state index contributed by atoms with van der Waals surface area (Å²) in [4.78, 5) is 0. The Morgan fingerprint density at radius 1 is 1.22 bits per heavy atom. The second-order valence-corrected chi connectivity index (χ2v) is 5.97. The van der Waals surface area contributed by atoms with Crippen molar-refractivity contribution in [3.05, 3.63) is 35.6 Å². The van der Waals surface area contributed by atoms with Crippen LogP contribution >= 0.6 is 0 Å². The minimum Gasteiger partial charge on any atom is -0.314 e. The molecule has 1 aromatic rings. The summed E-state index contributed by atoms with van der Waals surface area (Å²) in [5.41, 5.74) is 1.16. The van der Waals surface area contributed by atoms with Gasteiger partial charge in [0.05, 0.1) is 0 Å². The van der Waals surface area contributed by atoms with E-state index in [-0.39, 0.29) is 5.82 Å². The van der Waals surface area contributed by atoms with Gasteiger partial charge >= 0.3 is 0 Å². The van der Waals surface area contributed by atoms with Gasteiger partial charge in [0.25, 0.3) is 0 Å². The van der Waals surface area contributed by atoms with Crippen molar-refractivity contribution < 1.29 is 4.39 Å². The molecule has 0 bridgehead atoms. The average Bonchev–Trinajstić information content (AvgIpc) is 3.07. The minimum absolute atomic E-state index is 0.102.